The zero-order valence-electron chi connectivity index (χ0n) is 19.7. The summed E-state index contributed by atoms with van der Waals surface area (Å²) in [5, 5.41) is 2.54. The number of halogens is 1. The van der Waals surface area contributed by atoms with Gasteiger partial charge in [-0.3, -0.25) is 4.21 Å². The third kappa shape index (κ3) is 9.55. The Morgan fingerprint density at radius 3 is 1.53 bits per heavy atom. The normalized spacial score (nSPS) is 11.1. The van der Waals surface area contributed by atoms with Crippen molar-refractivity contribution in [3.63, 3.8) is 0 Å². The molecule has 0 aliphatic heterocycles. The van der Waals surface area contributed by atoms with Crippen molar-refractivity contribution in [1.29, 1.82) is 0 Å². The summed E-state index contributed by atoms with van der Waals surface area (Å²) in [5.41, 5.74) is 3.42. The van der Waals surface area contributed by atoms with Gasteiger partial charge in [-0.15, -0.1) is 0 Å². The molecule has 0 spiro atoms. The maximum absolute atomic E-state index is 12.7. The van der Waals surface area contributed by atoms with Gasteiger partial charge in [-0.25, -0.2) is 0 Å². The molecule has 0 heterocycles. The Hall–Kier alpha value is -1.63. The van der Waals surface area contributed by atoms with E-state index in [4.69, 9.17) is 0 Å². The first-order valence-corrected chi connectivity index (χ1v) is 16.1. The Balaban J connectivity index is 0.000000286. The molecule has 0 amide bonds. The second-order valence-electron chi connectivity index (χ2n) is 7.95. The van der Waals surface area contributed by atoms with Gasteiger partial charge in [0.25, 0.3) is 0 Å². The maximum atomic E-state index is 12.7. The van der Waals surface area contributed by atoms with Crippen LogP contribution in [0.3, 0.4) is 0 Å². The second-order valence-corrected chi connectivity index (χ2v) is 12.0. The van der Waals surface area contributed by atoms with Gasteiger partial charge in [0.15, 0.2) is 0 Å². The zero-order chi connectivity index (χ0) is 24.8. The van der Waals surface area contributed by atoms with Gasteiger partial charge in [0.05, 0.1) is 16.3 Å². The molecule has 178 valence electrons. The first-order chi connectivity index (χ1) is 16.5. The fourth-order valence-corrected chi connectivity index (χ4v) is 7.78. The fraction of sp³-hybridized carbons (Fsp3) is 0.172. The van der Waals surface area contributed by atoms with E-state index in [9.17, 15) is 4.21 Å². The Morgan fingerprint density at radius 2 is 1.12 bits per heavy atom. The number of benzene rings is 4. The zero-order valence-corrected chi connectivity index (χ0v) is 24.0. The molecule has 0 fully saturated rings. The van der Waals surface area contributed by atoms with Crippen LogP contribution >= 0.6 is 17.6 Å². The summed E-state index contributed by atoms with van der Waals surface area (Å²) < 4.78 is 12.7. The van der Waals surface area contributed by atoms with Crippen molar-refractivity contribution in [2.75, 3.05) is 5.49 Å². The molecule has 0 saturated carbocycles. The minimum atomic E-state index is -0.986. The van der Waals surface area contributed by atoms with Crippen LogP contribution in [0, 0.1) is 6.92 Å². The van der Waals surface area contributed by atoms with Crippen molar-refractivity contribution in [3.8, 4) is 0 Å². The van der Waals surface area contributed by atoms with Gasteiger partial charge < -0.3 is 0 Å². The van der Waals surface area contributed by atoms with Gasteiger partial charge in [0, 0.05) is 4.90 Å². The minimum absolute atomic E-state index is 0.614. The Kier molecular flexibility index (Phi) is 13.6. The second kappa shape index (κ2) is 16.1. The molecule has 0 aromatic heterocycles. The molecule has 0 bridgehead atoms. The number of hydrogen-bond donors (Lipinski definition) is 0. The van der Waals surface area contributed by atoms with E-state index in [-0.39, 0.29) is 0 Å². The Labute approximate surface area is 222 Å². The summed E-state index contributed by atoms with van der Waals surface area (Å²) in [4.78, 5) is 0.905. The van der Waals surface area contributed by atoms with E-state index in [0.29, 0.717) is 11.4 Å². The van der Waals surface area contributed by atoms with Crippen LogP contribution in [0.1, 0.15) is 30.9 Å². The van der Waals surface area contributed by atoms with Crippen molar-refractivity contribution in [1.82, 2.24) is 0 Å². The Bertz CT molecular complexity index is 1050. The third-order valence-electron chi connectivity index (χ3n) is 5.13. The fourth-order valence-electron chi connectivity index (χ4n) is 3.23. The first kappa shape index (κ1) is 28.6. The summed E-state index contributed by atoms with van der Waals surface area (Å²) in [6.45, 7) is 6.54. The van der Waals surface area contributed by atoms with Crippen LogP contribution in [0.2, 0.25) is 0 Å². The molecule has 1 unspecified atom stereocenters. The van der Waals surface area contributed by atoms with E-state index in [1.54, 1.807) is 0 Å². The van der Waals surface area contributed by atoms with Gasteiger partial charge in [-0.1, -0.05) is 123 Å². The third-order valence-corrected chi connectivity index (χ3v) is 9.74. The summed E-state index contributed by atoms with van der Waals surface area (Å²) in [6, 6.07) is 39.3. The van der Waals surface area contributed by atoms with Crippen molar-refractivity contribution in [3.05, 3.63) is 126 Å². The molecule has 0 saturated heterocycles. The summed E-state index contributed by atoms with van der Waals surface area (Å²) in [6.07, 6.45) is 0. The molecule has 1 atom stereocenters. The first-order valence-electron chi connectivity index (χ1n) is 11.1. The summed E-state index contributed by atoms with van der Waals surface area (Å²) >= 11 is 1.82. The van der Waals surface area contributed by atoms with Crippen molar-refractivity contribution in [2.45, 2.75) is 31.6 Å². The van der Waals surface area contributed by atoms with Gasteiger partial charge in [0.2, 0.25) is 0 Å². The average Bonchev–Trinajstić information content (AvgIpc) is 2.90. The van der Waals surface area contributed by atoms with Crippen molar-refractivity contribution < 1.29 is 21.5 Å². The molecule has 0 aliphatic carbocycles. The quantitative estimate of drug-likeness (QED) is 0.165. The topological polar surface area (TPSA) is 17.1 Å². The molecule has 5 heteroatoms. The summed E-state index contributed by atoms with van der Waals surface area (Å²) in [7, 11) is 2.97. The number of rotatable bonds is 6. The summed E-state index contributed by atoms with van der Waals surface area (Å²) in [5.74, 6) is 0.653. The molecule has 4 aromatic carbocycles. The van der Waals surface area contributed by atoms with Crippen LogP contribution in [0.5, 0.6) is 0 Å². The molecule has 0 aliphatic rings. The van der Waals surface area contributed by atoms with Crippen LogP contribution < -0.4 is 10.6 Å². The van der Waals surface area contributed by atoms with Crippen LogP contribution in [0.25, 0.3) is 0 Å². The predicted molar refractivity (Wildman–Crippen MR) is 148 cm³/mol. The van der Waals surface area contributed by atoms with Gasteiger partial charge in [-0.2, -0.15) is 0 Å². The van der Waals surface area contributed by atoms with Gasteiger partial charge in [0.1, 0.15) is 0 Å². The standard InChI is InChI=1S/C19H17OPS.C10H14.ClH.Ru/c20-22(19-14-8-3-9-15-19)16-21(17-10-4-1-5-11-17)18-12-6-2-7-13-18;1-8(2)10-6-4-9(3)5-7-10;;/h1-15H,16H2;4-8H,1-3H3;1H;/q;;;+2/p-1. The molecular weight excluding hydrogens is 564 g/mol. The molecule has 34 heavy (non-hydrogen) atoms. The number of hydrogen-bond acceptors (Lipinski definition) is 1. The van der Waals surface area contributed by atoms with Gasteiger partial charge in [-0.05, 0) is 49.1 Å². The predicted octanol–water partition coefficient (Wildman–Crippen LogP) is 7.69. The van der Waals surface area contributed by atoms with E-state index in [1.165, 1.54) is 21.7 Å². The molecule has 0 radical (unpaired) electrons. The van der Waals surface area contributed by atoms with Crippen LogP contribution in [0.4, 0.5) is 0 Å². The van der Waals surface area contributed by atoms with Crippen molar-refractivity contribution in [2.24, 2.45) is 0 Å². The SMILES string of the molecule is Cc1ccc(C(C)C)cc1.O=S(CP(c1ccccc1)c1ccccc1)c1ccccc1.[Cl][Ru+]. The Morgan fingerprint density at radius 1 is 0.706 bits per heavy atom. The van der Waals surface area contributed by atoms with Crippen LogP contribution in [-0.4, -0.2) is 9.70 Å². The van der Waals surface area contributed by atoms with E-state index in [0.717, 1.165) is 4.90 Å². The molecular formula is C29H31ClOPRuS+. The van der Waals surface area contributed by atoms with Gasteiger partial charge >= 0.3 is 27.0 Å². The molecule has 4 rings (SSSR count). The molecule has 4 aromatic rings. The van der Waals surface area contributed by atoms with E-state index < -0.39 is 18.7 Å². The molecule has 0 N–H and O–H groups in total. The van der Waals surface area contributed by atoms with E-state index in [1.807, 2.05) is 59.8 Å². The number of aryl methyl sites for hydroxylation is 1. The monoisotopic (exact) mass is 595 g/mol. The average molecular weight is 595 g/mol. The van der Waals surface area contributed by atoms with Crippen molar-refractivity contribution >= 4 is 39.0 Å². The van der Waals surface area contributed by atoms with E-state index >= 15 is 0 Å². The van der Waals surface area contributed by atoms with Crippen LogP contribution in [-0.2, 0) is 28.1 Å². The van der Waals surface area contributed by atoms with Crippen LogP contribution in [0.15, 0.2) is 120 Å². The van der Waals surface area contributed by atoms with E-state index in [2.05, 4.69) is 103 Å². The molecule has 1 nitrogen and oxygen atoms in total.